The predicted octanol–water partition coefficient (Wildman–Crippen LogP) is 3.81. The van der Waals surface area contributed by atoms with Crippen molar-refractivity contribution in [3.63, 3.8) is 0 Å². The third-order valence-electron chi connectivity index (χ3n) is 3.19. The molecule has 102 valence electrons. The molecule has 0 unspecified atom stereocenters. The lowest BCUT2D eigenvalue weighted by Crippen LogP contribution is -2.02. The molecule has 4 nitrogen and oxygen atoms in total. The van der Waals surface area contributed by atoms with Crippen molar-refractivity contribution in [3.8, 4) is 23.1 Å². The molecule has 1 aromatic carbocycles. The van der Waals surface area contributed by atoms with E-state index in [9.17, 15) is 5.26 Å². The minimum Gasteiger partial charge on any atom is -0.489 e. The second-order valence-electron chi connectivity index (χ2n) is 4.69. The molecule has 0 atom stereocenters. The first-order chi connectivity index (χ1) is 9.61. The van der Waals surface area contributed by atoms with Crippen molar-refractivity contribution < 1.29 is 4.74 Å². The van der Waals surface area contributed by atoms with Gasteiger partial charge >= 0.3 is 0 Å². The number of nitrogens with zero attached hydrogens (tertiary/aromatic N) is 3. The van der Waals surface area contributed by atoms with E-state index in [0.29, 0.717) is 26.9 Å². The number of hydrogen-bond acceptors (Lipinski definition) is 3. The van der Waals surface area contributed by atoms with Gasteiger partial charge in [0.05, 0.1) is 21.8 Å². The molecule has 1 aromatic heterocycles. The minimum atomic E-state index is 0.179. The Bertz CT molecular complexity index is 714. The molecule has 6 heteroatoms. The van der Waals surface area contributed by atoms with Gasteiger partial charge in [-0.2, -0.15) is 10.4 Å². The molecule has 1 aliphatic carbocycles. The van der Waals surface area contributed by atoms with E-state index in [1.807, 2.05) is 0 Å². The van der Waals surface area contributed by atoms with Crippen LogP contribution in [-0.4, -0.2) is 15.9 Å². The summed E-state index contributed by atoms with van der Waals surface area (Å²) in [4.78, 5) is 0. The molecular weight excluding hydrogens is 297 g/mol. The molecule has 0 bridgehead atoms. The van der Waals surface area contributed by atoms with E-state index in [0.717, 1.165) is 18.5 Å². The summed E-state index contributed by atoms with van der Waals surface area (Å²) in [5.74, 6) is 0.487. The highest BCUT2D eigenvalue weighted by Gasteiger charge is 2.27. The van der Waals surface area contributed by atoms with Crippen LogP contribution >= 0.6 is 23.2 Å². The van der Waals surface area contributed by atoms with Gasteiger partial charge in [-0.25, -0.2) is 0 Å². The van der Waals surface area contributed by atoms with Crippen molar-refractivity contribution in [1.29, 1.82) is 5.26 Å². The van der Waals surface area contributed by atoms with E-state index >= 15 is 0 Å². The molecule has 2 aromatic rings. The van der Waals surface area contributed by atoms with Gasteiger partial charge in [-0.15, -0.1) is 0 Å². The maximum absolute atomic E-state index is 9.48. The van der Waals surface area contributed by atoms with E-state index in [2.05, 4.69) is 11.2 Å². The fraction of sp³-hybridized carbons (Fsp3) is 0.286. The molecular formula is C14H11Cl2N3O. The maximum Gasteiger partial charge on any atom is 0.139 e. The SMILES string of the molecule is Cn1nccc1-c1c(Cl)c(Cl)cc(OC2CC2)c1C#N. The first-order valence-electron chi connectivity index (χ1n) is 6.19. The molecule has 0 radical (unpaired) electrons. The average Bonchev–Trinajstić information content (AvgIpc) is 3.14. The molecule has 3 rings (SSSR count). The number of ether oxygens (including phenoxy) is 1. The number of aryl methyl sites for hydroxylation is 1. The summed E-state index contributed by atoms with van der Waals surface area (Å²) in [6, 6.07) is 5.57. The van der Waals surface area contributed by atoms with Crippen LogP contribution in [0.1, 0.15) is 18.4 Å². The summed E-state index contributed by atoms with van der Waals surface area (Å²) in [6.07, 6.45) is 3.84. The Kier molecular flexibility index (Phi) is 3.33. The number of aromatic nitrogens is 2. The zero-order valence-electron chi connectivity index (χ0n) is 10.7. The third-order valence-corrected chi connectivity index (χ3v) is 3.98. The molecule has 20 heavy (non-hydrogen) atoms. The number of nitriles is 1. The van der Waals surface area contributed by atoms with Crippen molar-refractivity contribution in [3.05, 3.63) is 33.9 Å². The summed E-state index contributed by atoms with van der Waals surface area (Å²) in [5.41, 5.74) is 1.70. The second kappa shape index (κ2) is 5.01. The molecule has 1 fully saturated rings. The highest BCUT2D eigenvalue weighted by atomic mass is 35.5. The van der Waals surface area contributed by atoms with Crippen LogP contribution in [0.5, 0.6) is 5.75 Å². The van der Waals surface area contributed by atoms with E-state index in [1.54, 1.807) is 30.1 Å². The molecule has 1 heterocycles. The smallest absolute Gasteiger partial charge is 0.139 e. The zero-order chi connectivity index (χ0) is 14.3. The summed E-state index contributed by atoms with van der Waals surface area (Å²) in [5, 5.41) is 14.3. The second-order valence-corrected chi connectivity index (χ2v) is 5.47. The molecule has 1 aliphatic rings. The fourth-order valence-electron chi connectivity index (χ4n) is 2.03. The van der Waals surface area contributed by atoms with Crippen LogP contribution in [0, 0.1) is 11.3 Å². The van der Waals surface area contributed by atoms with Crippen LogP contribution in [-0.2, 0) is 7.05 Å². The molecule has 0 amide bonds. The summed E-state index contributed by atoms with van der Waals surface area (Å²) in [6.45, 7) is 0. The summed E-state index contributed by atoms with van der Waals surface area (Å²) >= 11 is 12.5. The molecule has 0 N–H and O–H groups in total. The standard InChI is InChI=1S/C14H11Cl2N3O/c1-19-11(4-5-18-19)13-9(7-17)12(20-8-2-3-8)6-10(15)14(13)16/h4-6,8H,2-3H2,1H3. The lowest BCUT2D eigenvalue weighted by atomic mass is 10.0. The lowest BCUT2D eigenvalue weighted by molar-refractivity contribution is 0.302. The highest BCUT2D eigenvalue weighted by molar-refractivity contribution is 6.44. The fourth-order valence-corrected chi connectivity index (χ4v) is 2.47. The molecule has 0 aliphatic heterocycles. The first-order valence-corrected chi connectivity index (χ1v) is 6.94. The van der Waals surface area contributed by atoms with Gasteiger partial charge in [0, 0.05) is 24.9 Å². The normalized spacial score (nSPS) is 14.1. The van der Waals surface area contributed by atoms with Crippen molar-refractivity contribution >= 4 is 23.2 Å². The molecule has 0 spiro atoms. The van der Waals surface area contributed by atoms with Crippen molar-refractivity contribution in [2.45, 2.75) is 18.9 Å². The van der Waals surface area contributed by atoms with E-state index in [-0.39, 0.29) is 6.10 Å². The largest absolute Gasteiger partial charge is 0.489 e. The first kappa shape index (κ1) is 13.3. The zero-order valence-corrected chi connectivity index (χ0v) is 12.2. The van der Waals surface area contributed by atoms with Crippen LogP contribution in [0.2, 0.25) is 10.0 Å². The Morgan fingerprint density at radius 3 is 2.75 bits per heavy atom. The van der Waals surface area contributed by atoms with Crippen LogP contribution in [0.25, 0.3) is 11.3 Å². The van der Waals surface area contributed by atoms with E-state index in [1.165, 1.54) is 0 Å². The van der Waals surface area contributed by atoms with E-state index < -0.39 is 0 Å². The maximum atomic E-state index is 9.48. The van der Waals surface area contributed by atoms with Gasteiger partial charge < -0.3 is 4.74 Å². The van der Waals surface area contributed by atoms with Gasteiger partial charge in [0.25, 0.3) is 0 Å². The van der Waals surface area contributed by atoms with Gasteiger partial charge in [0.15, 0.2) is 0 Å². The Hall–Kier alpha value is -1.70. The summed E-state index contributed by atoms with van der Waals surface area (Å²) < 4.78 is 7.42. The quantitative estimate of drug-likeness (QED) is 0.866. The number of halogens is 2. The molecule has 0 saturated heterocycles. The van der Waals surface area contributed by atoms with Crippen molar-refractivity contribution in [1.82, 2.24) is 9.78 Å². The Morgan fingerprint density at radius 2 is 2.20 bits per heavy atom. The number of benzene rings is 1. The van der Waals surface area contributed by atoms with Gasteiger partial charge in [-0.1, -0.05) is 23.2 Å². The monoisotopic (exact) mass is 307 g/mol. The number of hydrogen-bond donors (Lipinski definition) is 0. The Morgan fingerprint density at radius 1 is 1.45 bits per heavy atom. The van der Waals surface area contributed by atoms with Crippen LogP contribution < -0.4 is 4.74 Å². The topological polar surface area (TPSA) is 50.8 Å². The third kappa shape index (κ3) is 2.24. The van der Waals surface area contributed by atoms with Crippen molar-refractivity contribution in [2.75, 3.05) is 0 Å². The lowest BCUT2D eigenvalue weighted by Gasteiger charge is -2.14. The van der Waals surface area contributed by atoms with Crippen LogP contribution in [0.4, 0.5) is 0 Å². The average molecular weight is 308 g/mol. The van der Waals surface area contributed by atoms with Crippen LogP contribution in [0.3, 0.4) is 0 Å². The van der Waals surface area contributed by atoms with Gasteiger partial charge in [0.1, 0.15) is 17.4 Å². The van der Waals surface area contributed by atoms with Crippen LogP contribution in [0.15, 0.2) is 18.3 Å². The van der Waals surface area contributed by atoms with Gasteiger partial charge in [-0.3, -0.25) is 4.68 Å². The van der Waals surface area contributed by atoms with Gasteiger partial charge in [0.2, 0.25) is 0 Å². The minimum absolute atomic E-state index is 0.179. The number of rotatable bonds is 3. The van der Waals surface area contributed by atoms with Crippen molar-refractivity contribution in [2.24, 2.45) is 7.05 Å². The Labute approximate surface area is 126 Å². The van der Waals surface area contributed by atoms with E-state index in [4.69, 9.17) is 27.9 Å². The molecule has 1 saturated carbocycles. The highest BCUT2D eigenvalue weighted by Crippen LogP contribution is 2.42. The van der Waals surface area contributed by atoms with Gasteiger partial charge in [-0.05, 0) is 18.9 Å². The summed E-state index contributed by atoms with van der Waals surface area (Å²) in [7, 11) is 1.79. The Balaban J connectivity index is 2.23. The predicted molar refractivity (Wildman–Crippen MR) is 77.0 cm³/mol.